The van der Waals surface area contributed by atoms with Crippen LogP contribution in [0, 0.1) is 5.92 Å². The second-order valence-electron chi connectivity index (χ2n) is 4.15. The SMILES string of the molecule is CCOC(=O)c1cccc2c1NC(=O)C(C)C2. The van der Waals surface area contributed by atoms with Gasteiger partial charge >= 0.3 is 5.97 Å². The van der Waals surface area contributed by atoms with Crippen LogP contribution in [0.3, 0.4) is 0 Å². The molecule has 4 heteroatoms. The molecule has 0 saturated carbocycles. The number of carbonyl (C=O) groups excluding carboxylic acids is 2. The molecular formula is C13H15NO3. The summed E-state index contributed by atoms with van der Waals surface area (Å²) in [6.45, 7) is 3.95. The molecule has 1 heterocycles. The minimum Gasteiger partial charge on any atom is -0.462 e. The molecule has 0 aromatic heterocycles. The quantitative estimate of drug-likeness (QED) is 0.795. The van der Waals surface area contributed by atoms with Crippen molar-refractivity contribution in [2.24, 2.45) is 5.92 Å². The van der Waals surface area contributed by atoms with Crippen molar-refractivity contribution in [1.82, 2.24) is 0 Å². The van der Waals surface area contributed by atoms with Crippen molar-refractivity contribution < 1.29 is 14.3 Å². The summed E-state index contributed by atoms with van der Waals surface area (Å²) in [5.41, 5.74) is 2.03. The number of para-hydroxylation sites is 1. The molecule has 17 heavy (non-hydrogen) atoms. The van der Waals surface area contributed by atoms with Crippen LogP contribution in [0.25, 0.3) is 0 Å². The van der Waals surface area contributed by atoms with Crippen molar-refractivity contribution >= 4 is 17.6 Å². The predicted octanol–water partition coefficient (Wildman–Crippen LogP) is 1.99. The number of anilines is 1. The van der Waals surface area contributed by atoms with E-state index in [1.807, 2.05) is 19.1 Å². The first-order valence-electron chi connectivity index (χ1n) is 5.73. The third-order valence-corrected chi connectivity index (χ3v) is 2.87. The Morgan fingerprint density at radius 2 is 2.29 bits per heavy atom. The highest BCUT2D eigenvalue weighted by atomic mass is 16.5. The van der Waals surface area contributed by atoms with E-state index in [1.165, 1.54) is 0 Å². The second-order valence-corrected chi connectivity index (χ2v) is 4.15. The average molecular weight is 233 g/mol. The van der Waals surface area contributed by atoms with Gasteiger partial charge < -0.3 is 10.1 Å². The zero-order chi connectivity index (χ0) is 12.4. The Morgan fingerprint density at radius 3 is 3.00 bits per heavy atom. The van der Waals surface area contributed by atoms with Crippen LogP contribution in [0.2, 0.25) is 0 Å². The van der Waals surface area contributed by atoms with E-state index in [4.69, 9.17) is 4.74 Å². The summed E-state index contributed by atoms with van der Waals surface area (Å²) >= 11 is 0. The monoisotopic (exact) mass is 233 g/mol. The lowest BCUT2D eigenvalue weighted by atomic mass is 9.92. The second kappa shape index (κ2) is 4.57. The Bertz CT molecular complexity index is 468. The van der Waals surface area contributed by atoms with Gasteiger partial charge in [-0.25, -0.2) is 4.79 Å². The van der Waals surface area contributed by atoms with Crippen molar-refractivity contribution in [1.29, 1.82) is 0 Å². The molecule has 90 valence electrons. The molecule has 1 amide bonds. The third-order valence-electron chi connectivity index (χ3n) is 2.87. The average Bonchev–Trinajstić information content (AvgIpc) is 2.30. The van der Waals surface area contributed by atoms with E-state index in [-0.39, 0.29) is 17.8 Å². The summed E-state index contributed by atoms with van der Waals surface area (Å²) in [6.07, 6.45) is 0.661. The number of carbonyl (C=O) groups is 2. The first kappa shape index (κ1) is 11.6. The van der Waals surface area contributed by atoms with Gasteiger partial charge in [0.15, 0.2) is 0 Å². The number of rotatable bonds is 2. The summed E-state index contributed by atoms with van der Waals surface area (Å²) < 4.78 is 4.97. The Morgan fingerprint density at radius 1 is 1.53 bits per heavy atom. The summed E-state index contributed by atoms with van der Waals surface area (Å²) in [5, 5.41) is 2.78. The number of ether oxygens (including phenoxy) is 1. The molecule has 1 aromatic carbocycles. The fourth-order valence-corrected chi connectivity index (χ4v) is 1.97. The van der Waals surface area contributed by atoms with Gasteiger partial charge in [0, 0.05) is 5.92 Å². The van der Waals surface area contributed by atoms with Gasteiger partial charge in [0.2, 0.25) is 5.91 Å². The number of amides is 1. The van der Waals surface area contributed by atoms with Crippen LogP contribution < -0.4 is 5.32 Å². The summed E-state index contributed by atoms with van der Waals surface area (Å²) in [7, 11) is 0. The molecule has 1 N–H and O–H groups in total. The zero-order valence-electron chi connectivity index (χ0n) is 9.95. The fraction of sp³-hybridized carbons (Fsp3) is 0.385. The standard InChI is InChI=1S/C13H15NO3/c1-3-17-13(16)10-6-4-5-9-7-8(2)12(15)14-11(9)10/h4-6,8H,3,7H2,1-2H3,(H,14,15). The maximum atomic E-state index is 11.7. The van der Waals surface area contributed by atoms with Crippen molar-refractivity contribution in [2.45, 2.75) is 20.3 Å². The maximum absolute atomic E-state index is 11.7. The lowest BCUT2D eigenvalue weighted by Crippen LogP contribution is -2.29. The molecule has 0 spiro atoms. The molecule has 1 atom stereocenters. The molecule has 2 rings (SSSR count). The van der Waals surface area contributed by atoms with Crippen molar-refractivity contribution in [3.8, 4) is 0 Å². The van der Waals surface area contributed by atoms with E-state index in [0.29, 0.717) is 24.3 Å². The summed E-state index contributed by atoms with van der Waals surface area (Å²) in [5.74, 6) is -0.492. The molecule has 1 aliphatic rings. The molecule has 1 aliphatic heterocycles. The van der Waals surface area contributed by atoms with Crippen LogP contribution in [-0.4, -0.2) is 18.5 Å². The topological polar surface area (TPSA) is 55.4 Å². The molecule has 0 fully saturated rings. The van der Waals surface area contributed by atoms with Crippen LogP contribution in [-0.2, 0) is 16.0 Å². The van der Waals surface area contributed by atoms with Gasteiger partial charge in [0.1, 0.15) is 0 Å². The van der Waals surface area contributed by atoms with E-state index >= 15 is 0 Å². The molecule has 0 aliphatic carbocycles. The minimum atomic E-state index is -0.390. The number of hydrogen-bond acceptors (Lipinski definition) is 3. The Balaban J connectivity index is 2.40. The van der Waals surface area contributed by atoms with Crippen molar-refractivity contribution in [3.63, 3.8) is 0 Å². The van der Waals surface area contributed by atoms with Crippen LogP contribution in [0.15, 0.2) is 18.2 Å². The Labute approximate surface area is 100.0 Å². The van der Waals surface area contributed by atoms with E-state index in [2.05, 4.69) is 5.32 Å². The zero-order valence-corrected chi connectivity index (χ0v) is 9.95. The van der Waals surface area contributed by atoms with E-state index in [9.17, 15) is 9.59 Å². The molecule has 0 saturated heterocycles. The highest BCUT2D eigenvalue weighted by Crippen LogP contribution is 2.29. The van der Waals surface area contributed by atoms with Gasteiger partial charge in [0.05, 0.1) is 17.9 Å². The highest BCUT2D eigenvalue weighted by Gasteiger charge is 2.26. The molecular weight excluding hydrogens is 218 g/mol. The van der Waals surface area contributed by atoms with E-state index < -0.39 is 0 Å². The molecule has 4 nitrogen and oxygen atoms in total. The Hall–Kier alpha value is -1.84. The molecule has 1 aromatic rings. The fourth-order valence-electron chi connectivity index (χ4n) is 1.97. The lowest BCUT2D eigenvalue weighted by Gasteiger charge is -2.23. The lowest BCUT2D eigenvalue weighted by molar-refractivity contribution is -0.119. The van der Waals surface area contributed by atoms with Gasteiger partial charge in [-0.2, -0.15) is 0 Å². The molecule has 0 bridgehead atoms. The van der Waals surface area contributed by atoms with Crippen LogP contribution in [0.1, 0.15) is 29.8 Å². The number of esters is 1. The third kappa shape index (κ3) is 2.16. The van der Waals surface area contributed by atoms with E-state index in [0.717, 1.165) is 5.56 Å². The molecule has 1 unspecified atom stereocenters. The first-order chi connectivity index (χ1) is 8.13. The van der Waals surface area contributed by atoms with Crippen molar-refractivity contribution in [2.75, 3.05) is 11.9 Å². The van der Waals surface area contributed by atoms with Crippen molar-refractivity contribution in [3.05, 3.63) is 29.3 Å². The van der Waals surface area contributed by atoms with Crippen LogP contribution in [0.4, 0.5) is 5.69 Å². The van der Waals surface area contributed by atoms with Gasteiger partial charge in [0.25, 0.3) is 0 Å². The van der Waals surface area contributed by atoms with Gasteiger partial charge in [-0.05, 0) is 25.0 Å². The van der Waals surface area contributed by atoms with E-state index in [1.54, 1.807) is 13.0 Å². The van der Waals surface area contributed by atoms with Crippen LogP contribution in [0.5, 0.6) is 0 Å². The number of nitrogens with one attached hydrogen (secondary N) is 1. The molecule has 0 radical (unpaired) electrons. The normalized spacial score (nSPS) is 18.2. The summed E-state index contributed by atoms with van der Waals surface area (Å²) in [4.78, 5) is 23.4. The summed E-state index contributed by atoms with van der Waals surface area (Å²) in [6, 6.07) is 5.41. The Kier molecular flexibility index (Phi) is 3.13. The number of fused-ring (bicyclic) bond motifs is 1. The number of hydrogen-bond donors (Lipinski definition) is 1. The van der Waals surface area contributed by atoms with Gasteiger partial charge in [-0.1, -0.05) is 19.1 Å². The largest absolute Gasteiger partial charge is 0.462 e. The smallest absolute Gasteiger partial charge is 0.340 e. The van der Waals surface area contributed by atoms with Gasteiger partial charge in [-0.15, -0.1) is 0 Å². The highest BCUT2D eigenvalue weighted by molar-refractivity contribution is 6.04. The predicted molar refractivity (Wildman–Crippen MR) is 63.9 cm³/mol. The number of benzene rings is 1. The van der Waals surface area contributed by atoms with Gasteiger partial charge in [-0.3, -0.25) is 4.79 Å². The van der Waals surface area contributed by atoms with Crippen LogP contribution >= 0.6 is 0 Å². The first-order valence-corrected chi connectivity index (χ1v) is 5.73. The maximum Gasteiger partial charge on any atom is 0.340 e. The minimum absolute atomic E-state index is 0.0470.